The Morgan fingerprint density at radius 1 is 1.12 bits per heavy atom. The number of hydrogen-bond donors (Lipinski definition) is 0. The van der Waals surface area contributed by atoms with Gasteiger partial charge in [-0.2, -0.15) is 0 Å². The maximum absolute atomic E-state index is 11.2. The van der Waals surface area contributed by atoms with E-state index in [0.717, 1.165) is 5.56 Å². The summed E-state index contributed by atoms with van der Waals surface area (Å²) < 4.78 is 4.58. The van der Waals surface area contributed by atoms with Gasteiger partial charge in [-0.25, -0.2) is 14.8 Å². The SMILES string of the molecule is COC(=O)c1cnc(-c2ccc(C)cc2)nc1. The van der Waals surface area contributed by atoms with Gasteiger partial charge in [0.25, 0.3) is 0 Å². The normalized spacial score (nSPS) is 10.0. The molecule has 2 rings (SSSR count). The molecule has 0 aliphatic rings. The number of rotatable bonds is 2. The molecule has 4 heteroatoms. The standard InChI is InChI=1S/C13H12N2O2/c1-9-3-5-10(6-4-9)12-14-7-11(8-15-12)13(16)17-2/h3-8H,1-2H3. The second-order valence-electron chi connectivity index (χ2n) is 3.65. The molecule has 0 radical (unpaired) electrons. The fourth-order valence-electron chi connectivity index (χ4n) is 1.40. The molecule has 0 saturated carbocycles. The molecular weight excluding hydrogens is 216 g/mol. The highest BCUT2D eigenvalue weighted by atomic mass is 16.5. The van der Waals surface area contributed by atoms with Crippen LogP contribution in [0.15, 0.2) is 36.7 Å². The van der Waals surface area contributed by atoms with Crippen LogP contribution < -0.4 is 0 Å². The Balaban J connectivity index is 2.29. The summed E-state index contributed by atoms with van der Waals surface area (Å²) in [5.41, 5.74) is 2.45. The van der Waals surface area contributed by atoms with E-state index in [0.29, 0.717) is 11.4 Å². The maximum Gasteiger partial charge on any atom is 0.341 e. The second kappa shape index (κ2) is 4.74. The third kappa shape index (κ3) is 2.47. The molecule has 0 spiro atoms. The van der Waals surface area contributed by atoms with E-state index in [9.17, 15) is 4.79 Å². The summed E-state index contributed by atoms with van der Waals surface area (Å²) in [5, 5.41) is 0. The van der Waals surface area contributed by atoms with E-state index in [-0.39, 0.29) is 0 Å². The summed E-state index contributed by atoms with van der Waals surface area (Å²) in [5.74, 6) is 0.165. The minimum atomic E-state index is -0.430. The molecule has 2 aromatic rings. The zero-order valence-electron chi connectivity index (χ0n) is 9.68. The van der Waals surface area contributed by atoms with Gasteiger partial charge >= 0.3 is 5.97 Å². The van der Waals surface area contributed by atoms with Crippen molar-refractivity contribution in [3.8, 4) is 11.4 Å². The molecule has 0 aliphatic heterocycles. The van der Waals surface area contributed by atoms with Gasteiger partial charge in [-0.1, -0.05) is 29.8 Å². The number of aromatic nitrogens is 2. The number of methoxy groups -OCH3 is 1. The van der Waals surface area contributed by atoms with Crippen molar-refractivity contribution in [2.75, 3.05) is 7.11 Å². The molecule has 4 nitrogen and oxygen atoms in total. The minimum Gasteiger partial charge on any atom is -0.465 e. The van der Waals surface area contributed by atoms with Crippen molar-refractivity contribution in [2.45, 2.75) is 6.92 Å². The first-order valence-electron chi connectivity index (χ1n) is 5.18. The number of carbonyl (C=O) groups is 1. The van der Waals surface area contributed by atoms with Crippen molar-refractivity contribution in [3.63, 3.8) is 0 Å². The van der Waals surface area contributed by atoms with Gasteiger partial charge in [0, 0.05) is 18.0 Å². The molecule has 1 aromatic heterocycles. The van der Waals surface area contributed by atoms with E-state index in [1.54, 1.807) is 0 Å². The third-order valence-electron chi connectivity index (χ3n) is 2.38. The van der Waals surface area contributed by atoms with Crippen molar-refractivity contribution in [3.05, 3.63) is 47.8 Å². The molecule has 0 N–H and O–H groups in total. The Morgan fingerprint density at radius 2 is 1.71 bits per heavy atom. The van der Waals surface area contributed by atoms with Gasteiger partial charge < -0.3 is 4.74 Å². The van der Waals surface area contributed by atoms with E-state index in [4.69, 9.17) is 0 Å². The molecule has 86 valence electrons. The second-order valence-corrected chi connectivity index (χ2v) is 3.65. The minimum absolute atomic E-state index is 0.350. The summed E-state index contributed by atoms with van der Waals surface area (Å²) in [7, 11) is 1.33. The van der Waals surface area contributed by atoms with E-state index >= 15 is 0 Å². The summed E-state index contributed by atoms with van der Waals surface area (Å²) in [6.07, 6.45) is 2.93. The first kappa shape index (κ1) is 11.3. The smallest absolute Gasteiger partial charge is 0.341 e. The van der Waals surface area contributed by atoms with Crippen LogP contribution in [0.5, 0.6) is 0 Å². The number of benzene rings is 1. The Morgan fingerprint density at radius 3 is 2.24 bits per heavy atom. The maximum atomic E-state index is 11.2. The van der Waals surface area contributed by atoms with Crippen LogP contribution >= 0.6 is 0 Å². The Kier molecular flexibility index (Phi) is 3.14. The molecule has 0 saturated heterocycles. The van der Waals surface area contributed by atoms with Crippen LogP contribution in [0.3, 0.4) is 0 Å². The molecule has 0 amide bonds. The van der Waals surface area contributed by atoms with Gasteiger partial charge in [0.1, 0.15) is 0 Å². The lowest BCUT2D eigenvalue weighted by molar-refractivity contribution is 0.0600. The Labute approximate surface area is 99.3 Å². The van der Waals surface area contributed by atoms with Gasteiger partial charge in [0.15, 0.2) is 5.82 Å². The van der Waals surface area contributed by atoms with Gasteiger partial charge in [-0.05, 0) is 6.92 Å². The van der Waals surface area contributed by atoms with E-state index in [1.165, 1.54) is 25.1 Å². The summed E-state index contributed by atoms with van der Waals surface area (Å²) in [6.45, 7) is 2.02. The number of esters is 1. The van der Waals surface area contributed by atoms with Gasteiger partial charge in [0.05, 0.1) is 12.7 Å². The van der Waals surface area contributed by atoms with Crippen LogP contribution in [-0.2, 0) is 4.74 Å². The van der Waals surface area contributed by atoms with Crippen LogP contribution in [0.4, 0.5) is 0 Å². The quantitative estimate of drug-likeness (QED) is 0.740. The summed E-state index contributed by atoms with van der Waals surface area (Å²) in [4.78, 5) is 19.5. The highest BCUT2D eigenvalue weighted by molar-refractivity contribution is 5.88. The molecular formula is C13H12N2O2. The van der Waals surface area contributed by atoms with Crippen molar-refractivity contribution in [1.29, 1.82) is 0 Å². The first-order chi connectivity index (χ1) is 8.20. The predicted octanol–water partition coefficient (Wildman–Crippen LogP) is 2.24. The van der Waals surface area contributed by atoms with E-state index in [1.807, 2.05) is 31.2 Å². The zero-order valence-corrected chi connectivity index (χ0v) is 9.68. The highest BCUT2D eigenvalue weighted by Gasteiger charge is 2.07. The number of carbonyl (C=O) groups excluding carboxylic acids is 1. The third-order valence-corrected chi connectivity index (χ3v) is 2.38. The number of ether oxygens (including phenoxy) is 1. The topological polar surface area (TPSA) is 52.1 Å². The average molecular weight is 228 g/mol. The molecule has 0 atom stereocenters. The lowest BCUT2D eigenvalue weighted by Gasteiger charge is -2.02. The van der Waals surface area contributed by atoms with E-state index in [2.05, 4.69) is 14.7 Å². The summed E-state index contributed by atoms with van der Waals surface area (Å²) in [6, 6.07) is 7.88. The molecule has 0 unspecified atom stereocenters. The lowest BCUT2D eigenvalue weighted by Crippen LogP contribution is -2.03. The zero-order chi connectivity index (χ0) is 12.3. The molecule has 0 fully saturated rings. The van der Waals surface area contributed by atoms with Crippen LogP contribution in [0.25, 0.3) is 11.4 Å². The van der Waals surface area contributed by atoms with Gasteiger partial charge in [-0.3, -0.25) is 0 Å². The number of hydrogen-bond acceptors (Lipinski definition) is 4. The molecule has 0 bridgehead atoms. The fraction of sp³-hybridized carbons (Fsp3) is 0.154. The van der Waals surface area contributed by atoms with E-state index < -0.39 is 5.97 Å². The van der Waals surface area contributed by atoms with Gasteiger partial charge in [-0.15, -0.1) is 0 Å². The van der Waals surface area contributed by atoms with Crippen molar-refractivity contribution >= 4 is 5.97 Å². The first-order valence-corrected chi connectivity index (χ1v) is 5.18. The lowest BCUT2D eigenvalue weighted by atomic mass is 10.1. The molecule has 0 aliphatic carbocycles. The molecule has 1 heterocycles. The van der Waals surface area contributed by atoms with Crippen LogP contribution in [0.1, 0.15) is 15.9 Å². The van der Waals surface area contributed by atoms with Gasteiger partial charge in [0.2, 0.25) is 0 Å². The average Bonchev–Trinajstić information content (AvgIpc) is 2.39. The Hall–Kier alpha value is -2.23. The highest BCUT2D eigenvalue weighted by Crippen LogP contribution is 2.15. The van der Waals surface area contributed by atoms with Crippen LogP contribution in [0.2, 0.25) is 0 Å². The molecule has 1 aromatic carbocycles. The Bertz CT molecular complexity index is 518. The van der Waals surface area contributed by atoms with Crippen LogP contribution in [-0.4, -0.2) is 23.0 Å². The van der Waals surface area contributed by atoms with Crippen molar-refractivity contribution in [2.24, 2.45) is 0 Å². The van der Waals surface area contributed by atoms with Crippen LogP contribution in [0, 0.1) is 6.92 Å². The largest absolute Gasteiger partial charge is 0.465 e. The number of aryl methyl sites for hydroxylation is 1. The summed E-state index contributed by atoms with van der Waals surface area (Å²) >= 11 is 0. The fourth-order valence-corrected chi connectivity index (χ4v) is 1.40. The molecule has 17 heavy (non-hydrogen) atoms. The predicted molar refractivity (Wildman–Crippen MR) is 63.5 cm³/mol. The van der Waals surface area contributed by atoms with Crippen molar-refractivity contribution in [1.82, 2.24) is 9.97 Å². The number of nitrogens with zero attached hydrogens (tertiary/aromatic N) is 2. The monoisotopic (exact) mass is 228 g/mol. The van der Waals surface area contributed by atoms with Crippen molar-refractivity contribution < 1.29 is 9.53 Å².